The van der Waals surface area contributed by atoms with Crippen molar-refractivity contribution < 1.29 is 0 Å². The fraction of sp³-hybridized carbons (Fsp3) is 0.647. The molecule has 0 aliphatic heterocycles. The Labute approximate surface area is 107 Å². The Morgan fingerprint density at radius 2 is 1.59 bits per heavy atom. The van der Waals surface area contributed by atoms with Crippen LogP contribution in [0.2, 0.25) is 0 Å². The van der Waals surface area contributed by atoms with Crippen LogP contribution in [0.1, 0.15) is 69.1 Å². The van der Waals surface area contributed by atoms with Crippen molar-refractivity contribution in [2.75, 3.05) is 0 Å². The second kappa shape index (κ2) is 8.33. The summed E-state index contributed by atoms with van der Waals surface area (Å²) in [6, 6.07) is 6.95. The fourth-order valence-corrected chi connectivity index (χ4v) is 2.31. The summed E-state index contributed by atoms with van der Waals surface area (Å²) < 4.78 is 0. The highest BCUT2D eigenvalue weighted by atomic mass is 14.1. The Morgan fingerprint density at radius 3 is 2.29 bits per heavy atom. The van der Waals surface area contributed by atoms with Gasteiger partial charge in [0.25, 0.3) is 0 Å². The molecule has 0 atom stereocenters. The zero-order chi connectivity index (χ0) is 12.5. The molecule has 1 aromatic carbocycles. The smallest absolute Gasteiger partial charge is 0.0276 e. The van der Waals surface area contributed by atoms with Crippen molar-refractivity contribution in [3.63, 3.8) is 0 Å². The van der Waals surface area contributed by atoms with Gasteiger partial charge in [-0.2, -0.15) is 0 Å². The Kier molecular flexibility index (Phi) is 7.00. The predicted molar refractivity (Wildman–Crippen MR) is 77.6 cm³/mol. The molecule has 0 aliphatic rings. The predicted octanol–water partition coefficient (Wildman–Crippen LogP) is 5.46. The lowest BCUT2D eigenvalue weighted by atomic mass is 9.98. The van der Waals surface area contributed by atoms with Gasteiger partial charge >= 0.3 is 0 Å². The summed E-state index contributed by atoms with van der Waals surface area (Å²) in [7, 11) is 0. The molecule has 0 aliphatic carbocycles. The number of unbranched alkanes of at least 4 members (excludes halogenated alkanes) is 5. The molecule has 0 N–H and O–H groups in total. The summed E-state index contributed by atoms with van der Waals surface area (Å²) in [5.41, 5.74) is 4.52. The van der Waals surface area contributed by atoms with Crippen molar-refractivity contribution in [1.82, 2.24) is 0 Å². The van der Waals surface area contributed by atoms with Gasteiger partial charge in [0, 0.05) is 0 Å². The van der Waals surface area contributed by atoms with Crippen LogP contribution in [0.15, 0.2) is 18.2 Å². The molecule has 0 spiro atoms. The number of benzene rings is 1. The third kappa shape index (κ3) is 5.39. The van der Waals surface area contributed by atoms with Crippen LogP contribution in [-0.4, -0.2) is 0 Å². The maximum Gasteiger partial charge on any atom is -0.0276 e. The molecule has 17 heavy (non-hydrogen) atoms. The third-order valence-corrected chi connectivity index (χ3v) is 3.62. The second-order valence-electron chi connectivity index (χ2n) is 5.13. The minimum absolute atomic E-state index is 1.16. The first kappa shape index (κ1) is 14.3. The molecule has 0 nitrogen and oxygen atoms in total. The molecule has 96 valence electrons. The van der Waals surface area contributed by atoms with Gasteiger partial charge in [-0.3, -0.25) is 0 Å². The quantitative estimate of drug-likeness (QED) is 0.522. The Morgan fingerprint density at radius 1 is 0.882 bits per heavy atom. The van der Waals surface area contributed by atoms with Crippen molar-refractivity contribution >= 4 is 0 Å². The summed E-state index contributed by atoms with van der Waals surface area (Å²) in [5.74, 6) is 0. The molecule has 0 saturated carbocycles. The lowest BCUT2D eigenvalue weighted by molar-refractivity contribution is 0.607. The fourth-order valence-electron chi connectivity index (χ4n) is 2.31. The maximum absolute atomic E-state index is 2.40. The maximum atomic E-state index is 2.40. The molecule has 0 unspecified atom stereocenters. The second-order valence-corrected chi connectivity index (χ2v) is 5.13. The van der Waals surface area contributed by atoms with Gasteiger partial charge in [-0.15, -0.1) is 0 Å². The van der Waals surface area contributed by atoms with E-state index in [0.717, 1.165) is 6.42 Å². The van der Waals surface area contributed by atoms with Gasteiger partial charge in [0.05, 0.1) is 0 Å². The van der Waals surface area contributed by atoms with Gasteiger partial charge in [0.15, 0.2) is 0 Å². The first-order chi connectivity index (χ1) is 8.27. The Bertz CT molecular complexity index is 312. The van der Waals surface area contributed by atoms with Crippen LogP contribution in [0.3, 0.4) is 0 Å². The van der Waals surface area contributed by atoms with Crippen LogP contribution in [-0.2, 0) is 12.8 Å². The topological polar surface area (TPSA) is 0 Å². The zero-order valence-electron chi connectivity index (χ0n) is 11.9. The van der Waals surface area contributed by atoms with Crippen LogP contribution in [0, 0.1) is 6.92 Å². The summed E-state index contributed by atoms with van der Waals surface area (Å²) in [5, 5.41) is 0. The largest absolute Gasteiger partial charge is 0.0654 e. The molecule has 0 amide bonds. The normalized spacial score (nSPS) is 10.8. The van der Waals surface area contributed by atoms with E-state index >= 15 is 0 Å². The number of rotatable bonds is 8. The highest BCUT2D eigenvalue weighted by Crippen LogP contribution is 2.15. The monoisotopic (exact) mass is 232 g/mol. The van der Waals surface area contributed by atoms with E-state index in [4.69, 9.17) is 0 Å². The van der Waals surface area contributed by atoms with Crippen LogP contribution in [0.5, 0.6) is 0 Å². The Hall–Kier alpha value is -0.780. The van der Waals surface area contributed by atoms with Crippen molar-refractivity contribution in [3.8, 4) is 0 Å². The molecule has 0 aromatic heterocycles. The minimum atomic E-state index is 1.16. The minimum Gasteiger partial charge on any atom is -0.0654 e. The van der Waals surface area contributed by atoms with Crippen molar-refractivity contribution in [2.24, 2.45) is 0 Å². The summed E-state index contributed by atoms with van der Waals surface area (Å²) >= 11 is 0. The van der Waals surface area contributed by atoms with Crippen LogP contribution in [0.25, 0.3) is 0 Å². The van der Waals surface area contributed by atoms with Gasteiger partial charge in [0.1, 0.15) is 0 Å². The molecular formula is C17H28. The lowest BCUT2D eigenvalue weighted by Gasteiger charge is -2.08. The van der Waals surface area contributed by atoms with Crippen molar-refractivity contribution in [1.29, 1.82) is 0 Å². The average Bonchev–Trinajstić information content (AvgIpc) is 2.35. The van der Waals surface area contributed by atoms with Crippen molar-refractivity contribution in [3.05, 3.63) is 34.9 Å². The van der Waals surface area contributed by atoms with Gasteiger partial charge in [-0.25, -0.2) is 0 Å². The molecule has 0 fully saturated rings. The molecule has 0 radical (unpaired) electrons. The number of hydrogen-bond acceptors (Lipinski definition) is 0. The van der Waals surface area contributed by atoms with E-state index in [-0.39, 0.29) is 0 Å². The number of aryl methyl sites for hydroxylation is 3. The summed E-state index contributed by atoms with van der Waals surface area (Å²) in [6.45, 7) is 6.75. The van der Waals surface area contributed by atoms with E-state index in [0.29, 0.717) is 0 Å². The summed E-state index contributed by atoms with van der Waals surface area (Å²) in [4.78, 5) is 0. The van der Waals surface area contributed by atoms with Crippen LogP contribution >= 0.6 is 0 Å². The molecule has 1 rings (SSSR count). The first-order valence-electron chi connectivity index (χ1n) is 7.36. The van der Waals surface area contributed by atoms with E-state index in [1.807, 2.05) is 0 Å². The molecule has 0 bridgehead atoms. The van der Waals surface area contributed by atoms with E-state index in [9.17, 15) is 0 Å². The molecule has 0 saturated heterocycles. The highest BCUT2D eigenvalue weighted by molar-refractivity contribution is 5.31. The lowest BCUT2D eigenvalue weighted by Crippen LogP contribution is -1.92. The standard InChI is InChI=1S/C17H28/c1-4-6-7-8-9-10-11-17-14-16(5-2)13-12-15(17)3/h12-14H,4-11H2,1-3H3. The van der Waals surface area contributed by atoms with Crippen LogP contribution < -0.4 is 0 Å². The molecule has 0 heterocycles. The van der Waals surface area contributed by atoms with E-state index in [1.54, 1.807) is 5.56 Å². The average molecular weight is 232 g/mol. The van der Waals surface area contributed by atoms with Crippen LogP contribution in [0.4, 0.5) is 0 Å². The van der Waals surface area contributed by atoms with E-state index in [1.165, 1.54) is 56.1 Å². The summed E-state index contributed by atoms with van der Waals surface area (Å²) in [6.07, 6.45) is 10.8. The Balaban J connectivity index is 2.30. The van der Waals surface area contributed by atoms with Crippen molar-refractivity contribution in [2.45, 2.75) is 72.1 Å². The first-order valence-corrected chi connectivity index (χ1v) is 7.36. The molecular weight excluding hydrogens is 204 g/mol. The third-order valence-electron chi connectivity index (χ3n) is 3.62. The highest BCUT2D eigenvalue weighted by Gasteiger charge is 2.00. The van der Waals surface area contributed by atoms with Gasteiger partial charge < -0.3 is 0 Å². The molecule has 1 aromatic rings. The zero-order valence-corrected chi connectivity index (χ0v) is 11.9. The molecule has 0 heteroatoms. The number of hydrogen-bond donors (Lipinski definition) is 0. The van der Waals surface area contributed by atoms with Gasteiger partial charge in [-0.1, -0.05) is 64.2 Å². The van der Waals surface area contributed by atoms with E-state index in [2.05, 4.69) is 39.0 Å². The van der Waals surface area contributed by atoms with E-state index < -0.39 is 0 Å². The SMILES string of the molecule is CCCCCCCCc1cc(CC)ccc1C. The van der Waals surface area contributed by atoms with Gasteiger partial charge in [-0.05, 0) is 42.9 Å². The van der Waals surface area contributed by atoms with Gasteiger partial charge in [0.2, 0.25) is 0 Å².